The summed E-state index contributed by atoms with van der Waals surface area (Å²) in [4.78, 5) is 19.9. The Bertz CT molecular complexity index is 555. The van der Waals surface area contributed by atoms with Crippen LogP contribution in [0.1, 0.15) is 18.9 Å². The molecule has 1 rings (SSSR count). The van der Waals surface area contributed by atoms with Crippen LogP contribution < -0.4 is 0 Å². The average molecular weight is 285 g/mol. The lowest BCUT2D eigenvalue weighted by Gasteiger charge is -1.97. The molecule has 0 atom stereocenters. The van der Waals surface area contributed by atoms with E-state index in [1.165, 1.54) is 6.92 Å². The van der Waals surface area contributed by atoms with Crippen molar-refractivity contribution in [3.05, 3.63) is 39.4 Å². The van der Waals surface area contributed by atoms with Crippen LogP contribution in [0.5, 0.6) is 0 Å². The Morgan fingerprint density at radius 2 is 2.00 bits per heavy atom. The fourth-order valence-electron chi connectivity index (χ4n) is 1.22. The van der Waals surface area contributed by atoms with Gasteiger partial charge < -0.3 is 0 Å². The summed E-state index contributed by atoms with van der Waals surface area (Å²) < 4.78 is 26.5. The molecule has 1 aromatic carbocycles. The maximum absolute atomic E-state index is 13.2. The number of hydrogen-bond acceptors (Lipinski definition) is 4. The number of nitro groups is 1. The fourth-order valence-corrected chi connectivity index (χ4v) is 1.71. The van der Waals surface area contributed by atoms with Gasteiger partial charge in [-0.3, -0.25) is 14.9 Å². The molecule has 4 nitrogen and oxygen atoms in total. The number of rotatable bonds is 3. The van der Waals surface area contributed by atoms with Gasteiger partial charge in [-0.2, -0.15) is 8.78 Å². The third-order valence-corrected chi connectivity index (χ3v) is 2.78. The molecule has 0 N–H and O–H groups in total. The van der Waals surface area contributed by atoms with Gasteiger partial charge in [0.15, 0.2) is 5.12 Å². The van der Waals surface area contributed by atoms with Crippen LogP contribution in [0.15, 0.2) is 12.1 Å². The molecule has 0 amide bonds. The minimum Gasteiger partial charge on any atom is -0.288 e. The minimum atomic E-state index is -1.26. The van der Waals surface area contributed by atoms with Gasteiger partial charge in [0.05, 0.1) is 4.92 Å². The molecule has 0 unspecified atom stereocenters. The molecule has 0 aliphatic rings. The summed E-state index contributed by atoms with van der Waals surface area (Å²) in [6.45, 7) is 1.43. The Labute approximate surface area is 112 Å². The Kier molecular flexibility index (Phi) is 5.45. The standard InChI is InChI=1S/C12H9F2NO3S/c1-8(16)19-5-3-2-4-9-6-10(13)12(15(17)18)11(14)7-9/h6-7H,3,5H2,1H3. The first-order valence-corrected chi connectivity index (χ1v) is 6.16. The van der Waals surface area contributed by atoms with Crippen LogP contribution in [0.2, 0.25) is 0 Å². The fraction of sp³-hybridized carbons (Fsp3) is 0.250. The van der Waals surface area contributed by atoms with E-state index in [-0.39, 0.29) is 10.7 Å². The molecule has 0 fully saturated rings. The molecule has 0 spiro atoms. The van der Waals surface area contributed by atoms with E-state index in [0.29, 0.717) is 12.2 Å². The van der Waals surface area contributed by atoms with Crippen molar-refractivity contribution in [3.63, 3.8) is 0 Å². The summed E-state index contributed by atoms with van der Waals surface area (Å²) in [5.41, 5.74) is -1.16. The number of nitrogens with zero attached hydrogens (tertiary/aromatic N) is 1. The first-order valence-electron chi connectivity index (χ1n) is 5.17. The first-order chi connectivity index (χ1) is 8.91. The number of benzene rings is 1. The van der Waals surface area contributed by atoms with Gasteiger partial charge in [-0.25, -0.2) is 0 Å². The Hall–Kier alpha value is -1.94. The highest BCUT2D eigenvalue weighted by Crippen LogP contribution is 2.22. The second-order valence-electron chi connectivity index (χ2n) is 3.44. The molecule has 0 bridgehead atoms. The lowest BCUT2D eigenvalue weighted by Crippen LogP contribution is -1.97. The third kappa shape index (κ3) is 4.67. The normalized spacial score (nSPS) is 9.63. The van der Waals surface area contributed by atoms with Crippen LogP contribution >= 0.6 is 11.8 Å². The van der Waals surface area contributed by atoms with E-state index in [2.05, 4.69) is 11.8 Å². The van der Waals surface area contributed by atoms with Crippen molar-refractivity contribution >= 4 is 22.6 Å². The summed E-state index contributed by atoms with van der Waals surface area (Å²) in [6.07, 6.45) is 0.379. The number of nitro benzene ring substituents is 1. The van der Waals surface area contributed by atoms with E-state index in [0.717, 1.165) is 23.9 Å². The zero-order chi connectivity index (χ0) is 14.4. The molecule has 19 heavy (non-hydrogen) atoms. The second-order valence-corrected chi connectivity index (χ2v) is 4.71. The molecule has 0 aromatic heterocycles. The van der Waals surface area contributed by atoms with Gasteiger partial charge in [0.1, 0.15) is 0 Å². The van der Waals surface area contributed by atoms with Crippen LogP contribution in [0.3, 0.4) is 0 Å². The van der Waals surface area contributed by atoms with Crippen LogP contribution in [-0.2, 0) is 4.79 Å². The van der Waals surface area contributed by atoms with E-state index < -0.39 is 22.2 Å². The molecule has 0 aliphatic carbocycles. The van der Waals surface area contributed by atoms with E-state index >= 15 is 0 Å². The second kappa shape index (κ2) is 6.85. The van der Waals surface area contributed by atoms with Crippen LogP contribution in [0, 0.1) is 33.6 Å². The van der Waals surface area contributed by atoms with Crippen molar-refractivity contribution < 1.29 is 18.5 Å². The minimum absolute atomic E-state index is 0.0217. The van der Waals surface area contributed by atoms with Crippen LogP contribution in [0.4, 0.5) is 14.5 Å². The maximum atomic E-state index is 13.2. The van der Waals surface area contributed by atoms with E-state index in [1.54, 1.807) is 0 Å². The number of halogens is 2. The maximum Gasteiger partial charge on any atom is 0.340 e. The first kappa shape index (κ1) is 15.1. The molecule has 7 heteroatoms. The molecular weight excluding hydrogens is 276 g/mol. The number of carbonyl (C=O) groups excluding carboxylic acids is 1. The van der Waals surface area contributed by atoms with E-state index in [4.69, 9.17) is 0 Å². The molecular formula is C12H9F2NO3S. The van der Waals surface area contributed by atoms with E-state index in [9.17, 15) is 23.7 Å². The van der Waals surface area contributed by atoms with Crippen molar-refractivity contribution in [3.8, 4) is 11.8 Å². The SMILES string of the molecule is CC(=O)SCCC#Cc1cc(F)c([N+](=O)[O-])c(F)c1. The Morgan fingerprint density at radius 1 is 1.42 bits per heavy atom. The van der Waals surface area contributed by atoms with Crippen molar-refractivity contribution in [2.24, 2.45) is 0 Å². The Balaban J connectivity index is 2.79. The van der Waals surface area contributed by atoms with Crippen molar-refractivity contribution in [1.82, 2.24) is 0 Å². The summed E-state index contributed by atoms with van der Waals surface area (Å²) in [5, 5.41) is 10.3. The lowest BCUT2D eigenvalue weighted by molar-refractivity contribution is -0.390. The molecule has 0 aliphatic heterocycles. The largest absolute Gasteiger partial charge is 0.340 e. The summed E-state index contributed by atoms with van der Waals surface area (Å²) >= 11 is 1.10. The summed E-state index contributed by atoms with van der Waals surface area (Å²) in [7, 11) is 0. The van der Waals surface area contributed by atoms with Gasteiger partial charge in [0.25, 0.3) is 0 Å². The number of thioether (sulfide) groups is 1. The quantitative estimate of drug-likeness (QED) is 0.371. The van der Waals surface area contributed by atoms with Crippen molar-refractivity contribution in [2.45, 2.75) is 13.3 Å². The Morgan fingerprint density at radius 3 is 2.47 bits per heavy atom. The monoisotopic (exact) mass is 285 g/mol. The predicted octanol–water partition coefficient (Wildman–Crippen LogP) is 2.89. The highest BCUT2D eigenvalue weighted by atomic mass is 32.2. The molecule has 100 valence electrons. The molecule has 0 heterocycles. The van der Waals surface area contributed by atoms with Gasteiger partial charge >= 0.3 is 5.69 Å². The summed E-state index contributed by atoms with van der Waals surface area (Å²) in [5.74, 6) is 3.10. The molecule has 1 aromatic rings. The van der Waals surface area contributed by atoms with Crippen LogP contribution in [-0.4, -0.2) is 15.8 Å². The van der Waals surface area contributed by atoms with Gasteiger partial charge in [0, 0.05) is 24.7 Å². The van der Waals surface area contributed by atoms with Crippen molar-refractivity contribution in [2.75, 3.05) is 5.75 Å². The average Bonchev–Trinajstić information content (AvgIpc) is 2.26. The molecule has 0 saturated carbocycles. The lowest BCUT2D eigenvalue weighted by atomic mass is 10.2. The smallest absolute Gasteiger partial charge is 0.288 e. The van der Waals surface area contributed by atoms with E-state index in [1.807, 2.05) is 0 Å². The zero-order valence-electron chi connectivity index (χ0n) is 9.91. The van der Waals surface area contributed by atoms with Crippen LogP contribution in [0.25, 0.3) is 0 Å². The van der Waals surface area contributed by atoms with Gasteiger partial charge in [-0.15, -0.1) is 0 Å². The van der Waals surface area contributed by atoms with Gasteiger partial charge in [0.2, 0.25) is 11.6 Å². The topological polar surface area (TPSA) is 60.2 Å². The predicted molar refractivity (Wildman–Crippen MR) is 67.6 cm³/mol. The molecule has 0 saturated heterocycles. The highest BCUT2D eigenvalue weighted by molar-refractivity contribution is 8.13. The zero-order valence-corrected chi connectivity index (χ0v) is 10.7. The van der Waals surface area contributed by atoms with Gasteiger partial charge in [-0.05, 0) is 12.1 Å². The number of hydrogen-bond donors (Lipinski definition) is 0. The highest BCUT2D eigenvalue weighted by Gasteiger charge is 2.21. The number of carbonyl (C=O) groups is 1. The third-order valence-electron chi connectivity index (χ3n) is 1.96. The summed E-state index contributed by atoms with van der Waals surface area (Å²) in [6, 6.07) is 1.62. The van der Waals surface area contributed by atoms with Gasteiger partial charge in [-0.1, -0.05) is 23.6 Å². The molecule has 0 radical (unpaired) electrons. The van der Waals surface area contributed by atoms with Crippen molar-refractivity contribution in [1.29, 1.82) is 0 Å².